The summed E-state index contributed by atoms with van der Waals surface area (Å²) in [5, 5.41) is 3.01. The van der Waals surface area contributed by atoms with Gasteiger partial charge in [0.25, 0.3) is 0 Å². The lowest BCUT2D eigenvalue weighted by Gasteiger charge is -2.38. The van der Waals surface area contributed by atoms with Gasteiger partial charge in [0.2, 0.25) is 15.9 Å². The summed E-state index contributed by atoms with van der Waals surface area (Å²) in [5.41, 5.74) is 2.80. The fraction of sp³-hybridized carbons (Fsp3) is 0.409. The number of nitrogens with zero attached hydrogens (tertiary/aromatic N) is 1. The molecule has 156 valence electrons. The smallest absolute Gasteiger partial charge is 0.241 e. The van der Waals surface area contributed by atoms with Gasteiger partial charge < -0.3 is 10.1 Å². The molecule has 0 aromatic heterocycles. The summed E-state index contributed by atoms with van der Waals surface area (Å²) in [6.07, 6.45) is 1.72. The highest BCUT2D eigenvalue weighted by atomic mass is 32.2. The van der Waals surface area contributed by atoms with Gasteiger partial charge in [-0.05, 0) is 51.0 Å². The number of nitrogens with one attached hydrogen (secondary N) is 1. The van der Waals surface area contributed by atoms with Gasteiger partial charge in [0, 0.05) is 12.0 Å². The van der Waals surface area contributed by atoms with Crippen LogP contribution in [0.5, 0.6) is 5.75 Å². The van der Waals surface area contributed by atoms with Crippen LogP contribution in [-0.4, -0.2) is 32.7 Å². The summed E-state index contributed by atoms with van der Waals surface area (Å²) < 4.78 is 32.1. The lowest BCUT2D eigenvalue weighted by molar-refractivity contribution is -0.120. The molecule has 0 fully saturated rings. The van der Waals surface area contributed by atoms with E-state index in [4.69, 9.17) is 4.74 Å². The van der Waals surface area contributed by atoms with Gasteiger partial charge in [-0.1, -0.05) is 30.3 Å². The summed E-state index contributed by atoms with van der Waals surface area (Å²) >= 11 is 0. The van der Waals surface area contributed by atoms with Crippen LogP contribution in [0.25, 0.3) is 0 Å². The zero-order chi connectivity index (χ0) is 21.4. The maximum Gasteiger partial charge on any atom is 0.241 e. The third-order valence-corrected chi connectivity index (χ3v) is 6.37. The van der Waals surface area contributed by atoms with Gasteiger partial charge in [-0.3, -0.25) is 9.10 Å². The molecule has 2 aromatic carbocycles. The molecule has 7 heteroatoms. The number of hydrogen-bond donors (Lipinski definition) is 1. The first-order valence-electron chi connectivity index (χ1n) is 9.59. The van der Waals surface area contributed by atoms with Gasteiger partial charge in [0.15, 0.2) is 0 Å². The zero-order valence-corrected chi connectivity index (χ0v) is 18.3. The maximum absolute atomic E-state index is 12.9. The average molecular weight is 417 g/mol. The Hall–Kier alpha value is -2.54. The number of carbonyl (C=O) groups is 1. The molecule has 0 aliphatic carbocycles. The second-order valence-corrected chi connectivity index (χ2v) is 10.1. The van der Waals surface area contributed by atoms with Gasteiger partial charge in [0.1, 0.15) is 17.9 Å². The average Bonchev–Trinajstić information content (AvgIpc) is 2.60. The normalized spacial score (nSPS) is 17.8. The number of carbonyl (C=O) groups excluding carboxylic acids is 1. The fourth-order valence-corrected chi connectivity index (χ4v) is 4.60. The number of hydrogen-bond acceptors (Lipinski definition) is 4. The molecule has 1 amide bonds. The Balaban J connectivity index is 1.86. The maximum atomic E-state index is 12.9. The van der Waals surface area contributed by atoms with Gasteiger partial charge in [0.05, 0.1) is 18.0 Å². The van der Waals surface area contributed by atoms with Crippen LogP contribution in [0.3, 0.4) is 0 Å². The topological polar surface area (TPSA) is 75.7 Å². The first kappa shape index (κ1) is 21.2. The summed E-state index contributed by atoms with van der Waals surface area (Å²) in [5.74, 6) is 0.386. The number of anilines is 1. The van der Waals surface area contributed by atoms with E-state index in [1.54, 1.807) is 12.1 Å². The molecule has 0 spiro atoms. The molecule has 2 aromatic rings. The SMILES string of the molecule is Cc1cccc(N(CC(=O)NC2CC(C)(C)Oc3ccccc32)S(C)(=O)=O)c1C. The predicted molar refractivity (Wildman–Crippen MR) is 115 cm³/mol. The lowest BCUT2D eigenvalue weighted by atomic mass is 9.89. The lowest BCUT2D eigenvalue weighted by Crippen LogP contribution is -2.45. The van der Waals surface area contributed by atoms with E-state index < -0.39 is 15.6 Å². The van der Waals surface area contributed by atoms with Crippen molar-refractivity contribution in [1.82, 2.24) is 5.32 Å². The number of aryl methyl sites for hydroxylation is 1. The van der Waals surface area contributed by atoms with Crippen LogP contribution >= 0.6 is 0 Å². The molecule has 1 unspecified atom stereocenters. The van der Waals surface area contributed by atoms with Crippen LogP contribution in [0.4, 0.5) is 5.69 Å². The minimum atomic E-state index is -3.63. The molecule has 0 saturated carbocycles. The van der Waals surface area contributed by atoms with Crippen LogP contribution in [0.2, 0.25) is 0 Å². The summed E-state index contributed by atoms with van der Waals surface area (Å²) in [7, 11) is -3.63. The van der Waals surface area contributed by atoms with Gasteiger partial charge in [-0.2, -0.15) is 0 Å². The van der Waals surface area contributed by atoms with E-state index in [0.29, 0.717) is 12.1 Å². The van der Waals surface area contributed by atoms with Crippen LogP contribution in [0.1, 0.15) is 43.0 Å². The summed E-state index contributed by atoms with van der Waals surface area (Å²) in [6.45, 7) is 7.45. The van der Waals surface area contributed by atoms with Crippen molar-refractivity contribution in [2.45, 2.75) is 45.8 Å². The van der Waals surface area contributed by atoms with Crippen molar-refractivity contribution in [3.8, 4) is 5.75 Å². The number of fused-ring (bicyclic) bond motifs is 1. The van der Waals surface area contributed by atoms with Crippen LogP contribution in [0.15, 0.2) is 42.5 Å². The highest BCUT2D eigenvalue weighted by Gasteiger charge is 2.35. The Labute approximate surface area is 172 Å². The Kier molecular flexibility index (Phi) is 5.63. The highest BCUT2D eigenvalue weighted by molar-refractivity contribution is 7.92. The van der Waals surface area contributed by atoms with Crippen LogP contribution in [-0.2, 0) is 14.8 Å². The van der Waals surface area contributed by atoms with E-state index >= 15 is 0 Å². The number of amides is 1. The van der Waals surface area contributed by atoms with Crippen molar-refractivity contribution in [1.29, 1.82) is 0 Å². The van der Waals surface area contributed by atoms with Crippen molar-refractivity contribution < 1.29 is 17.9 Å². The van der Waals surface area contributed by atoms with E-state index in [9.17, 15) is 13.2 Å². The van der Waals surface area contributed by atoms with Crippen LogP contribution < -0.4 is 14.4 Å². The molecule has 3 rings (SSSR count). The third kappa shape index (κ3) is 4.72. The fourth-order valence-electron chi connectivity index (χ4n) is 3.69. The second kappa shape index (κ2) is 7.71. The molecule has 1 N–H and O–H groups in total. The van der Waals surface area contributed by atoms with E-state index in [1.165, 1.54) is 4.31 Å². The first-order valence-corrected chi connectivity index (χ1v) is 11.4. The predicted octanol–water partition coefficient (Wildman–Crippen LogP) is 3.49. The molecule has 1 aliphatic heterocycles. The first-order chi connectivity index (χ1) is 13.5. The molecule has 0 saturated heterocycles. The van der Waals surface area contributed by atoms with Crippen molar-refractivity contribution in [2.75, 3.05) is 17.1 Å². The van der Waals surface area contributed by atoms with Crippen molar-refractivity contribution >= 4 is 21.6 Å². The van der Waals surface area contributed by atoms with Crippen LogP contribution in [0, 0.1) is 13.8 Å². The monoisotopic (exact) mass is 416 g/mol. The number of benzene rings is 2. The number of sulfonamides is 1. The van der Waals surface area contributed by atoms with Crippen molar-refractivity contribution in [3.63, 3.8) is 0 Å². The third-order valence-electron chi connectivity index (χ3n) is 5.24. The minimum absolute atomic E-state index is 0.248. The van der Waals surface area contributed by atoms with E-state index in [-0.39, 0.29) is 18.5 Å². The van der Waals surface area contributed by atoms with Gasteiger partial charge >= 0.3 is 0 Å². The molecule has 0 bridgehead atoms. The van der Waals surface area contributed by atoms with Crippen molar-refractivity contribution in [3.05, 3.63) is 59.2 Å². The van der Waals surface area contributed by atoms with Crippen molar-refractivity contribution in [2.24, 2.45) is 0 Å². The molecule has 1 aliphatic rings. The molecular formula is C22H28N2O4S. The molecule has 1 heterocycles. The molecule has 1 atom stereocenters. The van der Waals surface area contributed by atoms with E-state index in [2.05, 4.69) is 5.32 Å². The van der Waals surface area contributed by atoms with Gasteiger partial charge in [-0.25, -0.2) is 8.42 Å². The molecule has 29 heavy (non-hydrogen) atoms. The quantitative estimate of drug-likeness (QED) is 0.810. The van der Waals surface area contributed by atoms with E-state index in [1.807, 2.05) is 58.0 Å². The largest absolute Gasteiger partial charge is 0.487 e. The van der Waals surface area contributed by atoms with Gasteiger partial charge in [-0.15, -0.1) is 0 Å². The van der Waals surface area contributed by atoms with E-state index in [0.717, 1.165) is 28.7 Å². The Morgan fingerprint density at radius 1 is 1.17 bits per heavy atom. The Morgan fingerprint density at radius 2 is 1.86 bits per heavy atom. The number of para-hydroxylation sites is 1. The Bertz CT molecular complexity index is 1030. The summed E-state index contributed by atoms with van der Waals surface area (Å²) in [6, 6.07) is 12.8. The molecule has 0 radical (unpaired) electrons. The standard InChI is InChI=1S/C22H28N2O4S/c1-15-9-8-11-19(16(15)2)24(29(5,26)27)14-21(25)23-18-13-22(3,4)28-20-12-7-6-10-17(18)20/h6-12,18H,13-14H2,1-5H3,(H,23,25). The highest BCUT2D eigenvalue weighted by Crippen LogP contribution is 2.39. The summed E-state index contributed by atoms with van der Waals surface area (Å²) in [4.78, 5) is 12.9. The number of rotatable bonds is 5. The molecular weight excluding hydrogens is 388 g/mol. The minimum Gasteiger partial charge on any atom is -0.487 e. The molecule has 6 nitrogen and oxygen atoms in total. The second-order valence-electron chi connectivity index (χ2n) is 8.21. The number of ether oxygens (including phenoxy) is 1. The Morgan fingerprint density at radius 3 is 2.55 bits per heavy atom. The zero-order valence-electron chi connectivity index (χ0n) is 17.5.